The van der Waals surface area contributed by atoms with Crippen LogP contribution in [0, 0.1) is 5.92 Å². The van der Waals surface area contributed by atoms with Gasteiger partial charge in [0.2, 0.25) is 5.82 Å². The second kappa shape index (κ2) is 8.34. The molecule has 29 heavy (non-hydrogen) atoms. The molecule has 4 rings (SSSR count). The highest BCUT2D eigenvalue weighted by molar-refractivity contribution is 5.80. The van der Waals surface area contributed by atoms with E-state index >= 15 is 0 Å². The van der Waals surface area contributed by atoms with Crippen molar-refractivity contribution in [2.45, 2.75) is 40.2 Å². The Kier molecular flexibility index (Phi) is 5.46. The lowest BCUT2D eigenvalue weighted by Crippen LogP contribution is -2.09. The number of aromatic amines is 1. The van der Waals surface area contributed by atoms with Gasteiger partial charge in [-0.15, -0.1) is 10.2 Å². The highest BCUT2D eigenvalue weighted by atomic mass is 15.5. The predicted octanol–water partition coefficient (Wildman–Crippen LogP) is 3.93. The summed E-state index contributed by atoms with van der Waals surface area (Å²) in [7, 11) is 0. The van der Waals surface area contributed by atoms with E-state index in [1.807, 2.05) is 22.9 Å². The molecule has 2 heterocycles. The molecule has 0 aliphatic carbocycles. The van der Waals surface area contributed by atoms with Crippen molar-refractivity contribution in [3.8, 4) is 22.5 Å². The van der Waals surface area contributed by atoms with Crippen LogP contribution in [0.1, 0.15) is 38.0 Å². The molecule has 0 amide bonds. The average Bonchev–Trinajstić information content (AvgIpc) is 3.39. The minimum Gasteiger partial charge on any atom is -0.245 e. The third-order valence-corrected chi connectivity index (χ3v) is 4.81. The largest absolute Gasteiger partial charge is 0.245 e. The van der Waals surface area contributed by atoms with E-state index < -0.39 is 0 Å². The molecule has 0 saturated heterocycles. The molecule has 4 aromatic rings. The Labute approximate surface area is 170 Å². The van der Waals surface area contributed by atoms with Crippen molar-refractivity contribution in [1.82, 2.24) is 35.4 Å². The summed E-state index contributed by atoms with van der Waals surface area (Å²) in [6.45, 7) is 7.23. The zero-order chi connectivity index (χ0) is 20.2. The van der Waals surface area contributed by atoms with Crippen molar-refractivity contribution in [2.24, 2.45) is 5.92 Å². The van der Waals surface area contributed by atoms with Gasteiger partial charge in [-0.3, -0.25) is 0 Å². The highest BCUT2D eigenvalue weighted by Gasteiger charge is 2.13. The van der Waals surface area contributed by atoms with Crippen LogP contribution in [0.25, 0.3) is 22.5 Å². The molecule has 1 N–H and O–H groups in total. The van der Waals surface area contributed by atoms with Gasteiger partial charge in [-0.05, 0) is 27.8 Å². The van der Waals surface area contributed by atoms with Gasteiger partial charge in [0, 0.05) is 18.4 Å². The van der Waals surface area contributed by atoms with Crippen molar-refractivity contribution >= 4 is 0 Å². The molecule has 0 fully saturated rings. The number of aromatic nitrogens is 7. The molecular formula is C22H25N7. The van der Waals surface area contributed by atoms with Crippen molar-refractivity contribution < 1.29 is 0 Å². The van der Waals surface area contributed by atoms with E-state index in [1.165, 1.54) is 5.56 Å². The van der Waals surface area contributed by atoms with Crippen LogP contribution < -0.4 is 0 Å². The summed E-state index contributed by atoms with van der Waals surface area (Å²) >= 11 is 0. The van der Waals surface area contributed by atoms with Crippen LogP contribution >= 0.6 is 0 Å². The first-order valence-corrected chi connectivity index (χ1v) is 9.98. The Bertz CT molecular complexity index is 1060. The second-order valence-corrected chi connectivity index (χ2v) is 7.53. The van der Waals surface area contributed by atoms with Crippen molar-refractivity contribution in [3.63, 3.8) is 0 Å². The Morgan fingerprint density at radius 1 is 1.00 bits per heavy atom. The number of hydrogen-bond acceptors (Lipinski definition) is 5. The van der Waals surface area contributed by atoms with Gasteiger partial charge in [-0.1, -0.05) is 69.3 Å². The lowest BCUT2D eigenvalue weighted by Gasteiger charge is -2.10. The van der Waals surface area contributed by atoms with E-state index in [0.29, 0.717) is 11.7 Å². The number of H-pyrrole nitrogens is 1. The van der Waals surface area contributed by atoms with Gasteiger partial charge in [0.1, 0.15) is 5.82 Å². The molecule has 0 radical (unpaired) electrons. The maximum Gasteiger partial charge on any atom is 0.205 e. The Balaban J connectivity index is 1.60. The van der Waals surface area contributed by atoms with Crippen molar-refractivity contribution in [3.05, 3.63) is 65.7 Å². The van der Waals surface area contributed by atoms with Crippen molar-refractivity contribution in [1.29, 1.82) is 0 Å². The number of rotatable bonds is 7. The van der Waals surface area contributed by atoms with E-state index in [0.717, 1.165) is 47.7 Å². The Morgan fingerprint density at radius 3 is 2.41 bits per heavy atom. The second-order valence-electron chi connectivity index (χ2n) is 7.53. The molecule has 0 aliphatic rings. The van der Waals surface area contributed by atoms with E-state index in [-0.39, 0.29) is 0 Å². The lowest BCUT2D eigenvalue weighted by molar-refractivity contribution is 0.562. The molecule has 0 saturated carbocycles. The zero-order valence-electron chi connectivity index (χ0n) is 17.0. The summed E-state index contributed by atoms with van der Waals surface area (Å²) in [5.74, 6) is 3.11. The topological polar surface area (TPSA) is 85.2 Å². The normalized spacial score (nSPS) is 11.3. The third kappa shape index (κ3) is 4.23. The van der Waals surface area contributed by atoms with Gasteiger partial charge in [-0.2, -0.15) is 10.3 Å². The molecular weight excluding hydrogens is 362 g/mol. The predicted molar refractivity (Wildman–Crippen MR) is 112 cm³/mol. The van der Waals surface area contributed by atoms with Gasteiger partial charge in [0.05, 0.1) is 6.54 Å². The smallest absolute Gasteiger partial charge is 0.205 e. The number of tetrazole rings is 1. The number of aryl methyl sites for hydroxylation is 1. The first-order valence-electron chi connectivity index (χ1n) is 9.98. The van der Waals surface area contributed by atoms with Gasteiger partial charge in [0.15, 0.2) is 5.82 Å². The summed E-state index contributed by atoms with van der Waals surface area (Å²) in [5.41, 5.74) is 4.35. The van der Waals surface area contributed by atoms with Crippen LogP contribution in [-0.2, 0) is 19.4 Å². The standard InChI is InChI=1S/C22H25N7/c1-4-20-23-21(13-15(2)3)29(26-20)14-16-9-11-17(12-10-16)18-7-5-6-8-19(18)22-24-27-28-25-22/h5-12,15H,4,13-14H2,1-3H3,(H,24,25,27,28). The first-order chi connectivity index (χ1) is 14.1. The molecule has 148 valence electrons. The average molecular weight is 387 g/mol. The molecule has 0 unspecified atom stereocenters. The van der Waals surface area contributed by atoms with E-state index in [9.17, 15) is 0 Å². The highest BCUT2D eigenvalue weighted by Crippen LogP contribution is 2.29. The molecule has 0 spiro atoms. The van der Waals surface area contributed by atoms with Gasteiger partial charge in [0.25, 0.3) is 0 Å². The van der Waals surface area contributed by atoms with Gasteiger partial charge >= 0.3 is 0 Å². The maximum atomic E-state index is 4.70. The molecule has 7 nitrogen and oxygen atoms in total. The Morgan fingerprint density at radius 2 is 1.76 bits per heavy atom. The quantitative estimate of drug-likeness (QED) is 0.519. The zero-order valence-corrected chi connectivity index (χ0v) is 17.0. The van der Waals surface area contributed by atoms with Crippen molar-refractivity contribution in [2.75, 3.05) is 0 Å². The maximum absolute atomic E-state index is 4.70. The van der Waals surface area contributed by atoms with E-state index in [1.54, 1.807) is 0 Å². The molecule has 2 aromatic carbocycles. The molecule has 0 bridgehead atoms. The van der Waals surface area contributed by atoms with Gasteiger partial charge < -0.3 is 0 Å². The third-order valence-electron chi connectivity index (χ3n) is 4.81. The molecule has 0 atom stereocenters. The minimum absolute atomic E-state index is 0.548. The molecule has 2 aromatic heterocycles. The minimum atomic E-state index is 0.548. The number of benzene rings is 2. The van der Waals surface area contributed by atoms with Crippen LogP contribution in [0.2, 0.25) is 0 Å². The number of hydrogen-bond donors (Lipinski definition) is 1. The fourth-order valence-electron chi connectivity index (χ4n) is 3.39. The van der Waals surface area contributed by atoms with E-state index in [2.05, 4.69) is 76.8 Å². The van der Waals surface area contributed by atoms with Crippen LogP contribution in [0.4, 0.5) is 0 Å². The summed E-state index contributed by atoms with van der Waals surface area (Å²) in [4.78, 5) is 4.70. The summed E-state index contributed by atoms with van der Waals surface area (Å²) in [5, 5.41) is 19.1. The van der Waals surface area contributed by atoms with Crippen LogP contribution in [0.5, 0.6) is 0 Å². The van der Waals surface area contributed by atoms with Crippen LogP contribution in [0.3, 0.4) is 0 Å². The summed E-state index contributed by atoms with van der Waals surface area (Å²) in [6.07, 6.45) is 1.78. The monoisotopic (exact) mass is 387 g/mol. The summed E-state index contributed by atoms with van der Waals surface area (Å²) < 4.78 is 2.04. The number of nitrogens with zero attached hydrogens (tertiary/aromatic N) is 6. The lowest BCUT2D eigenvalue weighted by atomic mass is 9.98. The fraction of sp³-hybridized carbons (Fsp3) is 0.318. The van der Waals surface area contributed by atoms with Gasteiger partial charge in [-0.25, -0.2) is 9.67 Å². The fourth-order valence-corrected chi connectivity index (χ4v) is 3.39. The Hall–Kier alpha value is -3.35. The molecule has 0 aliphatic heterocycles. The summed E-state index contributed by atoms with van der Waals surface area (Å²) in [6, 6.07) is 16.6. The number of nitrogens with one attached hydrogen (secondary N) is 1. The molecule has 7 heteroatoms. The van der Waals surface area contributed by atoms with Crippen LogP contribution in [0.15, 0.2) is 48.5 Å². The van der Waals surface area contributed by atoms with Crippen LogP contribution in [-0.4, -0.2) is 35.4 Å². The SMILES string of the molecule is CCc1nc(CC(C)C)n(Cc2ccc(-c3ccccc3-c3nn[nH]n3)cc2)n1. The van der Waals surface area contributed by atoms with E-state index in [4.69, 9.17) is 4.98 Å². The first kappa shape index (κ1) is 19.0.